The number of amides is 1. The maximum Gasteiger partial charge on any atom is 0.414 e. The van der Waals surface area contributed by atoms with Crippen LogP contribution in [0.15, 0.2) is 54.6 Å². The molecule has 108 valence electrons. The molecule has 1 atom stereocenters. The minimum absolute atomic E-state index is 0.176. The van der Waals surface area contributed by atoms with Gasteiger partial charge in [0.2, 0.25) is 0 Å². The van der Waals surface area contributed by atoms with E-state index in [2.05, 4.69) is 30.3 Å². The lowest BCUT2D eigenvalue weighted by molar-refractivity contribution is 0.176. The van der Waals surface area contributed by atoms with E-state index in [1.807, 2.05) is 24.3 Å². The first-order valence-corrected chi connectivity index (χ1v) is 7.28. The van der Waals surface area contributed by atoms with Crippen LogP contribution in [-0.4, -0.2) is 19.2 Å². The molecule has 0 saturated heterocycles. The van der Waals surface area contributed by atoms with Gasteiger partial charge in [0, 0.05) is 6.04 Å². The molecule has 0 bridgehead atoms. The smallest absolute Gasteiger partial charge is 0.414 e. The molecule has 1 aliphatic heterocycles. The number of carbonyl (C=O) groups is 1. The lowest BCUT2D eigenvalue weighted by Gasteiger charge is -2.24. The number of para-hydroxylation sites is 1. The average molecular weight is 281 g/mol. The fourth-order valence-electron chi connectivity index (χ4n) is 3.02. The van der Waals surface area contributed by atoms with Gasteiger partial charge in [-0.15, -0.1) is 0 Å². The summed E-state index contributed by atoms with van der Waals surface area (Å²) < 4.78 is 4.96. The van der Waals surface area contributed by atoms with Gasteiger partial charge in [-0.2, -0.15) is 0 Å². The van der Waals surface area contributed by atoms with E-state index in [0.717, 1.165) is 24.9 Å². The molecule has 0 N–H and O–H groups in total. The molecule has 21 heavy (non-hydrogen) atoms. The van der Waals surface area contributed by atoms with Gasteiger partial charge >= 0.3 is 6.09 Å². The molecule has 0 saturated carbocycles. The van der Waals surface area contributed by atoms with E-state index in [4.69, 9.17) is 4.74 Å². The van der Waals surface area contributed by atoms with E-state index in [1.165, 1.54) is 18.2 Å². The number of hydrogen-bond acceptors (Lipinski definition) is 2. The molecule has 0 radical (unpaired) electrons. The fraction of sp³-hybridized carbons (Fsp3) is 0.278. The molecular formula is C18H19NO2. The Bertz CT molecular complexity index is 624. The third kappa shape index (κ3) is 2.77. The third-order valence-corrected chi connectivity index (χ3v) is 4.05. The molecule has 0 aliphatic carbocycles. The quantitative estimate of drug-likeness (QED) is 0.856. The van der Waals surface area contributed by atoms with Gasteiger partial charge in [-0.25, -0.2) is 4.79 Å². The summed E-state index contributed by atoms with van der Waals surface area (Å²) in [6.07, 6.45) is 2.54. The summed E-state index contributed by atoms with van der Waals surface area (Å²) in [5.74, 6) is 0. The predicted octanol–water partition coefficient (Wildman–Crippen LogP) is 3.82. The van der Waals surface area contributed by atoms with Gasteiger partial charge < -0.3 is 4.74 Å². The Kier molecular flexibility index (Phi) is 3.91. The first-order valence-electron chi connectivity index (χ1n) is 7.28. The minimum atomic E-state index is -0.266. The Morgan fingerprint density at radius 2 is 1.86 bits per heavy atom. The summed E-state index contributed by atoms with van der Waals surface area (Å²) in [5.41, 5.74) is 3.52. The van der Waals surface area contributed by atoms with E-state index >= 15 is 0 Å². The van der Waals surface area contributed by atoms with Gasteiger partial charge in [-0.05, 0) is 36.5 Å². The number of nitrogens with zero attached hydrogens (tertiary/aromatic N) is 1. The van der Waals surface area contributed by atoms with Crippen LogP contribution in [-0.2, 0) is 17.6 Å². The monoisotopic (exact) mass is 281 g/mol. The second-order valence-electron chi connectivity index (χ2n) is 5.35. The first kappa shape index (κ1) is 13.7. The van der Waals surface area contributed by atoms with Crippen molar-refractivity contribution < 1.29 is 9.53 Å². The van der Waals surface area contributed by atoms with Crippen LogP contribution in [0.25, 0.3) is 0 Å². The normalized spacial score (nSPS) is 16.6. The molecule has 0 unspecified atom stereocenters. The zero-order chi connectivity index (χ0) is 14.7. The first-order chi connectivity index (χ1) is 10.3. The highest BCUT2D eigenvalue weighted by molar-refractivity contribution is 5.91. The molecule has 3 nitrogen and oxygen atoms in total. The highest BCUT2D eigenvalue weighted by Gasteiger charge is 2.33. The minimum Gasteiger partial charge on any atom is -0.452 e. The molecule has 3 heteroatoms. The Morgan fingerprint density at radius 3 is 2.62 bits per heavy atom. The molecule has 2 aromatic carbocycles. The number of anilines is 1. The van der Waals surface area contributed by atoms with Gasteiger partial charge in [-0.3, -0.25) is 4.90 Å². The lowest BCUT2D eigenvalue weighted by atomic mass is 10.0. The molecule has 2 aromatic rings. The van der Waals surface area contributed by atoms with Gasteiger partial charge in [0.1, 0.15) is 0 Å². The van der Waals surface area contributed by atoms with Gasteiger partial charge in [0.05, 0.1) is 12.8 Å². The van der Waals surface area contributed by atoms with E-state index in [0.29, 0.717) is 0 Å². The molecule has 0 aromatic heterocycles. The summed E-state index contributed by atoms with van der Waals surface area (Å²) in [5, 5.41) is 0. The van der Waals surface area contributed by atoms with Crippen LogP contribution >= 0.6 is 0 Å². The SMILES string of the molecule is COC(=O)N1c2ccccc2C[C@H]1CCc1ccccc1. The largest absolute Gasteiger partial charge is 0.452 e. The number of rotatable bonds is 3. The van der Waals surface area contributed by atoms with E-state index in [-0.39, 0.29) is 12.1 Å². The molecule has 3 rings (SSSR count). The zero-order valence-corrected chi connectivity index (χ0v) is 12.2. The Morgan fingerprint density at radius 1 is 1.14 bits per heavy atom. The van der Waals surface area contributed by atoms with Gasteiger partial charge in [0.25, 0.3) is 0 Å². The van der Waals surface area contributed by atoms with Crippen LogP contribution < -0.4 is 4.90 Å². The van der Waals surface area contributed by atoms with E-state index < -0.39 is 0 Å². The molecule has 1 aliphatic rings. The number of aryl methyl sites for hydroxylation is 1. The number of benzene rings is 2. The summed E-state index contributed by atoms with van der Waals surface area (Å²) in [7, 11) is 1.44. The predicted molar refractivity (Wildman–Crippen MR) is 83.6 cm³/mol. The second-order valence-corrected chi connectivity index (χ2v) is 5.35. The van der Waals surface area contributed by atoms with Crippen molar-refractivity contribution in [2.45, 2.75) is 25.3 Å². The van der Waals surface area contributed by atoms with Crippen LogP contribution in [0.1, 0.15) is 17.5 Å². The van der Waals surface area contributed by atoms with Crippen LogP contribution in [0, 0.1) is 0 Å². The van der Waals surface area contributed by atoms with Crippen molar-refractivity contribution in [3.8, 4) is 0 Å². The summed E-state index contributed by atoms with van der Waals surface area (Å²) >= 11 is 0. The van der Waals surface area contributed by atoms with Crippen LogP contribution in [0.5, 0.6) is 0 Å². The maximum atomic E-state index is 12.1. The van der Waals surface area contributed by atoms with Crippen LogP contribution in [0.3, 0.4) is 0 Å². The van der Waals surface area contributed by atoms with E-state index in [1.54, 1.807) is 4.90 Å². The van der Waals surface area contributed by atoms with E-state index in [9.17, 15) is 4.79 Å². The number of carbonyl (C=O) groups excluding carboxylic acids is 1. The van der Waals surface area contributed by atoms with Crippen LogP contribution in [0.2, 0.25) is 0 Å². The van der Waals surface area contributed by atoms with Gasteiger partial charge in [0.15, 0.2) is 0 Å². The Labute approximate surface area is 125 Å². The molecule has 0 fully saturated rings. The molecular weight excluding hydrogens is 262 g/mol. The van der Waals surface area contributed by atoms with Crippen molar-refractivity contribution in [3.05, 3.63) is 65.7 Å². The maximum absolute atomic E-state index is 12.1. The number of ether oxygens (including phenoxy) is 1. The van der Waals surface area contributed by atoms with Crippen molar-refractivity contribution >= 4 is 11.8 Å². The summed E-state index contributed by atoms with van der Waals surface area (Å²) in [6.45, 7) is 0. The number of hydrogen-bond donors (Lipinski definition) is 0. The third-order valence-electron chi connectivity index (χ3n) is 4.05. The summed E-state index contributed by atoms with van der Waals surface area (Å²) in [6, 6.07) is 18.6. The van der Waals surface area contributed by atoms with Crippen molar-refractivity contribution in [1.29, 1.82) is 0 Å². The average Bonchev–Trinajstić information content (AvgIpc) is 2.91. The fourth-order valence-corrected chi connectivity index (χ4v) is 3.02. The molecule has 0 spiro atoms. The Hall–Kier alpha value is -2.29. The van der Waals surface area contributed by atoms with Crippen molar-refractivity contribution in [2.24, 2.45) is 0 Å². The highest BCUT2D eigenvalue weighted by Crippen LogP contribution is 2.34. The van der Waals surface area contributed by atoms with Crippen molar-refractivity contribution in [1.82, 2.24) is 0 Å². The summed E-state index contributed by atoms with van der Waals surface area (Å²) in [4.78, 5) is 13.9. The van der Waals surface area contributed by atoms with Crippen LogP contribution in [0.4, 0.5) is 10.5 Å². The van der Waals surface area contributed by atoms with Crippen molar-refractivity contribution in [2.75, 3.05) is 12.0 Å². The zero-order valence-electron chi connectivity index (χ0n) is 12.2. The topological polar surface area (TPSA) is 29.5 Å². The van der Waals surface area contributed by atoms with Gasteiger partial charge in [-0.1, -0.05) is 48.5 Å². The standard InChI is InChI=1S/C18H19NO2/c1-21-18(20)19-16(12-11-14-7-3-2-4-8-14)13-15-9-5-6-10-17(15)19/h2-10,16H,11-13H2,1H3/t16-/m1/s1. The Balaban J connectivity index is 1.77. The second kappa shape index (κ2) is 6.00. The molecule has 1 amide bonds. The number of fused-ring (bicyclic) bond motifs is 1. The highest BCUT2D eigenvalue weighted by atomic mass is 16.5. The molecule has 1 heterocycles. The number of methoxy groups -OCH3 is 1. The lowest BCUT2D eigenvalue weighted by Crippen LogP contribution is -2.37. The van der Waals surface area contributed by atoms with Crippen molar-refractivity contribution in [3.63, 3.8) is 0 Å².